The zero-order chi connectivity index (χ0) is 14.3. The van der Waals surface area contributed by atoms with Gasteiger partial charge >= 0.3 is 5.97 Å². The van der Waals surface area contributed by atoms with Crippen LogP contribution in [0.1, 0.15) is 21.5 Å². The molecule has 3 aromatic rings. The number of hydrogen-bond acceptors (Lipinski definition) is 4. The second kappa shape index (κ2) is 4.68. The number of nitrogens with zero attached hydrogens (tertiary/aromatic N) is 2. The molecule has 2 heterocycles. The van der Waals surface area contributed by atoms with Gasteiger partial charge in [0.15, 0.2) is 0 Å². The van der Waals surface area contributed by atoms with Crippen molar-refractivity contribution in [2.24, 2.45) is 0 Å². The van der Waals surface area contributed by atoms with E-state index in [0.29, 0.717) is 11.1 Å². The minimum absolute atomic E-state index is 0.279. The first-order chi connectivity index (χ1) is 9.58. The second-order valence-electron chi connectivity index (χ2n) is 4.63. The maximum atomic E-state index is 11.5. The van der Waals surface area contributed by atoms with Gasteiger partial charge < -0.3 is 5.11 Å². The predicted molar refractivity (Wildman–Crippen MR) is 79.3 cm³/mol. The number of aromatic nitrogens is 2. The van der Waals surface area contributed by atoms with Crippen molar-refractivity contribution in [3.05, 3.63) is 46.6 Å². The van der Waals surface area contributed by atoms with Crippen LogP contribution in [0, 0.1) is 13.8 Å². The van der Waals surface area contributed by atoms with E-state index in [1.165, 1.54) is 11.3 Å². The number of aryl methyl sites for hydroxylation is 2. The lowest BCUT2D eigenvalue weighted by atomic mass is 10.0. The zero-order valence-electron chi connectivity index (χ0n) is 11.0. The molecule has 0 amide bonds. The van der Waals surface area contributed by atoms with Crippen LogP contribution in [0.5, 0.6) is 0 Å². The summed E-state index contributed by atoms with van der Waals surface area (Å²) < 4.78 is 0. The highest BCUT2D eigenvalue weighted by atomic mass is 32.1. The zero-order valence-corrected chi connectivity index (χ0v) is 11.9. The van der Waals surface area contributed by atoms with Gasteiger partial charge in [0.25, 0.3) is 0 Å². The number of aromatic carboxylic acids is 1. The molecule has 1 N–H and O–H groups in total. The van der Waals surface area contributed by atoms with Gasteiger partial charge in [-0.3, -0.25) is 4.98 Å². The molecule has 0 aliphatic carbocycles. The number of thiazole rings is 1. The number of pyridine rings is 1. The van der Waals surface area contributed by atoms with Crippen molar-refractivity contribution < 1.29 is 9.90 Å². The van der Waals surface area contributed by atoms with Crippen LogP contribution in [0.4, 0.5) is 0 Å². The molecule has 0 fully saturated rings. The monoisotopic (exact) mass is 284 g/mol. The van der Waals surface area contributed by atoms with E-state index in [9.17, 15) is 9.90 Å². The summed E-state index contributed by atoms with van der Waals surface area (Å²) in [5, 5.41) is 10.1. The van der Waals surface area contributed by atoms with Gasteiger partial charge in [0.1, 0.15) is 0 Å². The van der Waals surface area contributed by atoms with Crippen molar-refractivity contribution in [3.63, 3.8) is 0 Å². The van der Waals surface area contributed by atoms with Gasteiger partial charge in [0.2, 0.25) is 0 Å². The highest BCUT2D eigenvalue weighted by Gasteiger charge is 2.15. The molecule has 0 aliphatic rings. The van der Waals surface area contributed by atoms with Crippen LogP contribution in [-0.2, 0) is 0 Å². The van der Waals surface area contributed by atoms with Gasteiger partial charge in [0.05, 0.1) is 27.2 Å². The van der Waals surface area contributed by atoms with Gasteiger partial charge in [-0.2, -0.15) is 0 Å². The lowest BCUT2D eigenvalue weighted by Crippen LogP contribution is -2.01. The molecule has 3 rings (SSSR count). The molecule has 0 aliphatic heterocycles. The number of hydrogen-bond donors (Lipinski definition) is 1. The topological polar surface area (TPSA) is 63.1 Å². The normalized spacial score (nSPS) is 10.9. The molecule has 0 atom stereocenters. The molecule has 0 bridgehead atoms. The molecule has 4 nitrogen and oxygen atoms in total. The Kier molecular flexibility index (Phi) is 2.99. The van der Waals surface area contributed by atoms with Crippen molar-refractivity contribution in [2.75, 3.05) is 0 Å². The average molecular weight is 284 g/mol. The standard InChI is InChI=1S/C15H12N2O2S/c1-8-3-4-10-11(15(18)19)5-12(13-6-16-7-20-13)17-14(10)9(8)2/h3-7H,1-2H3,(H,18,19). The molecule has 2 aromatic heterocycles. The van der Waals surface area contributed by atoms with Gasteiger partial charge in [-0.05, 0) is 31.0 Å². The molecule has 1 aromatic carbocycles. The Bertz CT molecular complexity index is 810. The molecule has 0 spiro atoms. The number of carboxylic acids is 1. The van der Waals surface area contributed by atoms with Crippen molar-refractivity contribution in [1.82, 2.24) is 9.97 Å². The first-order valence-electron chi connectivity index (χ1n) is 6.11. The maximum Gasteiger partial charge on any atom is 0.336 e. The Morgan fingerprint density at radius 1 is 1.30 bits per heavy atom. The average Bonchev–Trinajstić information content (AvgIpc) is 2.96. The van der Waals surface area contributed by atoms with Crippen LogP contribution in [0.3, 0.4) is 0 Å². The summed E-state index contributed by atoms with van der Waals surface area (Å²) in [6.07, 6.45) is 1.70. The highest BCUT2D eigenvalue weighted by molar-refractivity contribution is 7.13. The van der Waals surface area contributed by atoms with Crippen molar-refractivity contribution in [2.45, 2.75) is 13.8 Å². The molecule has 0 saturated heterocycles. The summed E-state index contributed by atoms with van der Waals surface area (Å²) in [7, 11) is 0. The minimum atomic E-state index is -0.939. The molecular weight excluding hydrogens is 272 g/mol. The Hall–Kier alpha value is -2.27. The number of rotatable bonds is 2. The summed E-state index contributed by atoms with van der Waals surface area (Å²) in [6.45, 7) is 3.96. The summed E-state index contributed by atoms with van der Waals surface area (Å²) >= 11 is 1.45. The Labute approximate surface area is 119 Å². The molecule has 0 radical (unpaired) electrons. The van der Waals surface area contributed by atoms with Gasteiger partial charge in [-0.25, -0.2) is 9.78 Å². The van der Waals surface area contributed by atoms with Crippen molar-refractivity contribution in [1.29, 1.82) is 0 Å². The van der Waals surface area contributed by atoms with Crippen LogP contribution in [-0.4, -0.2) is 21.0 Å². The fourth-order valence-electron chi connectivity index (χ4n) is 2.18. The van der Waals surface area contributed by atoms with Crippen LogP contribution in [0.25, 0.3) is 21.5 Å². The first-order valence-corrected chi connectivity index (χ1v) is 6.99. The summed E-state index contributed by atoms with van der Waals surface area (Å²) in [5.74, 6) is -0.939. The number of carboxylic acid groups (broad SMARTS) is 1. The van der Waals surface area contributed by atoms with E-state index >= 15 is 0 Å². The molecule has 0 saturated carbocycles. The quantitative estimate of drug-likeness (QED) is 0.779. The van der Waals surface area contributed by atoms with E-state index in [1.54, 1.807) is 17.8 Å². The largest absolute Gasteiger partial charge is 0.478 e. The van der Waals surface area contributed by atoms with Crippen LogP contribution < -0.4 is 0 Å². The third-order valence-electron chi connectivity index (χ3n) is 3.42. The SMILES string of the molecule is Cc1ccc2c(C(=O)O)cc(-c3cncs3)nc2c1C. The molecule has 100 valence electrons. The smallest absolute Gasteiger partial charge is 0.336 e. The number of benzene rings is 1. The van der Waals surface area contributed by atoms with E-state index in [2.05, 4.69) is 9.97 Å². The van der Waals surface area contributed by atoms with Gasteiger partial charge in [-0.1, -0.05) is 12.1 Å². The third-order valence-corrected chi connectivity index (χ3v) is 4.22. The van der Waals surface area contributed by atoms with Crippen LogP contribution in [0.15, 0.2) is 29.9 Å². The minimum Gasteiger partial charge on any atom is -0.478 e. The molecular formula is C15H12N2O2S. The fourth-order valence-corrected chi connectivity index (χ4v) is 2.76. The highest BCUT2D eigenvalue weighted by Crippen LogP contribution is 2.29. The van der Waals surface area contributed by atoms with Gasteiger partial charge in [-0.15, -0.1) is 11.3 Å². The lowest BCUT2D eigenvalue weighted by Gasteiger charge is -2.09. The first kappa shape index (κ1) is 12.7. The predicted octanol–water partition coefficient (Wildman–Crippen LogP) is 3.67. The van der Waals surface area contributed by atoms with E-state index in [1.807, 2.05) is 26.0 Å². The Balaban J connectivity index is 2.41. The van der Waals surface area contributed by atoms with E-state index in [-0.39, 0.29) is 5.56 Å². The van der Waals surface area contributed by atoms with E-state index in [0.717, 1.165) is 21.5 Å². The fraction of sp³-hybridized carbons (Fsp3) is 0.133. The number of carbonyl (C=O) groups is 1. The van der Waals surface area contributed by atoms with Crippen LogP contribution >= 0.6 is 11.3 Å². The molecule has 20 heavy (non-hydrogen) atoms. The van der Waals surface area contributed by atoms with Crippen LogP contribution in [0.2, 0.25) is 0 Å². The molecule has 5 heteroatoms. The summed E-state index contributed by atoms with van der Waals surface area (Å²) in [5.41, 5.74) is 5.50. The summed E-state index contributed by atoms with van der Waals surface area (Å²) in [4.78, 5) is 21.0. The summed E-state index contributed by atoms with van der Waals surface area (Å²) in [6, 6.07) is 5.37. The van der Waals surface area contributed by atoms with Crippen molar-refractivity contribution >= 4 is 28.2 Å². The lowest BCUT2D eigenvalue weighted by molar-refractivity contribution is 0.0699. The Morgan fingerprint density at radius 3 is 2.75 bits per heavy atom. The maximum absolute atomic E-state index is 11.5. The second-order valence-corrected chi connectivity index (χ2v) is 5.52. The number of fused-ring (bicyclic) bond motifs is 1. The van der Waals surface area contributed by atoms with Crippen molar-refractivity contribution in [3.8, 4) is 10.6 Å². The third kappa shape index (κ3) is 1.96. The Morgan fingerprint density at radius 2 is 2.10 bits per heavy atom. The van der Waals surface area contributed by atoms with E-state index < -0.39 is 5.97 Å². The van der Waals surface area contributed by atoms with E-state index in [4.69, 9.17) is 0 Å². The van der Waals surface area contributed by atoms with Gasteiger partial charge in [0, 0.05) is 11.6 Å². The molecule has 0 unspecified atom stereocenters.